The fourth-order valence-electron chi connectivity index (χ4n) is 10.5. The molecule has 1 aliphatic rings. The molecule has 0 atom stereocenters. The quantitative estimate of drug-likeness (QED) is 0.143. The molecule has 0 unspecified atom stereocenters. The maximum Gasteiger partial charge on any atom is 0.0541 e. The second-order valence-electron chi connectivity index (χ2n) is 18.1. The summed E-state index contributed by atoms with van der Waals surface area (Å²) in [6.07, 6.45) is 0.922. The lowest BCUT2D eigenvalue weighted by Crippen LogP contribution is -1.95. The molecule has 1 aromatic heterocycles. The Balaban J connectivity index is 0.867. The van der Waals surface area contributed by atoms with Crippen molar-refractivity contribution < 1.29 is 0 Å². The number of fused-ring (bicyclic) bond motifs is 6. The van der Waals surface area contributed by atoms with Gasteiger partial charge in [0, 0.05) is 16.5 Å². The molecule has 0 saturated heterocycles. The van der Waals surface area contributed by atoms with Crippen LogP contribution >= 0.6 is 0 Å². The lowest BCUT2D eigenvalue weighted by molar-refractivity contribution is 1.16. The van der Waals surface area contributed by atoms with Gasteiger partial charge in [0.1, 0.15) is 0 Å². The maximum absolute atomic E-state index is 2.47. The van der Waals surface area contributed by atoms with Gasteiger partial charge in [-0.05, 0) is 143 Å². The van der Waals surface area contributed by atoms with E-state index in [0.717, 1.165) is 6.42 Å². The third kappa shape index (κ3) is 7.13. The van der Waals surface area contributed by atoms with Crippen molar-refractivity contribution in [1.29, 1.82) is 0 Å². The van der Waals surface area contributed by atoms with Crippen LogP contribution in [0.25, 0.3) is 117 Å². The molecule has 0 fully saturated rings. The minimum absolute atomic E-state index is 0.922. The molecule has 318 valence electrons. The summed E-state index contributed by atoms with van der Waals surface area (Å²) in [5.74, 6) is 0. The van der Waals surface area contributed by atoms with Crippen molar-refractivity contribution in [2.45, 2.75) is 6.42 Å². The van der Waals surface area contributed by atoms with E-state index in [4.69, 9.17) is 0 Å². The van der Waals surface area contributed by atoms with Crippen LogP contribution in [-0.4, -0.2) is 4.57 Å². The van der Waals surface area contributed by atoms with Gasteiger partial charge in [-0.3, -0.25) is 0 Å². The van der Waals surface area contributed by atoms with Crippen molar-refractivity contribution >= 4 is 21.8 Å². The van der Waals surface area contributed by atoms with E-state index in [0.29, 0.717) is 0 Å². The second-order valence-corrected chi connectivity index (χ2v) is 18.1. The van der Waals surface area contributed by atoms with Crippen molar-refractivity contribution in [2.75, 3.05) is 0 Å². The van der Waals surface area contributed by atoms with Crippen LogP contribution < -0.4 is 0 Å². The lowest BCUT2D eigenvalue weighted by atomic mass is 9.96. The third-order valence-electron chi connectivity index (χ3n) is 14.1. The highest BCUT2D eigenvalue weighted by atomic mass is 15.0. The van der Waals surface area contributed by atoms with Gasteiger partial charge in [0.25, 0.3) is 0 Å². The van der Waals surface area contributed by atoms with Gasteiger partial charge in [-0.1, -0.05) is 224 Å². The van der Waals surface area contributed by atoms with Crippen LogP contribution in [-0.2, 0) is 6.42 Å². The Kier molecular flexibility index (Phi) is 9.65. The predicted molar refractivity (Wildman–Crippen MR) is 287 cm³/mol. The summed E-state index contributed by atoms with van der Waals surface area (Å²) < 4.78 is 2.47. The molecule has 0 bridgehead atoms. The summed E-state index contributed by atoms with van der Waals surface area (Å²) in [6.45, 7) is 0. The number of aromatic nitrogens is 1. The van der Waals surface area contributed by atoms with E-state index in [2.05, 4.69) is 265 Å². The van der Waals surface area contributed by atoms with E-state index in [-0.39, 0.29) is 0 Å². The first-order valence-corrected chi connectivity index (χ1v) is 23.6. The first kappa shape index (κ1) is 39.6. The van der Waals surface area contributed by atoms with Crippen LogP contribution in [0.4, 0.5) is 0 Å². The molecule has 0 radical (unpaired) electrons. The van der Waals surface area contributed by atoms with Crippen LogP contribution in [0.2, 0.25) is 0 Å². The molecule has 0 amide bonds. The number of hydrogen-bond acceptors (Lipinski definition) is 0. The highest BCUT2D eigenvalue weighted by Crippen LogP contribution is 2.43. The SMILES string of the molecule is c1ccc(-c2ccc(-c3ccc(-c4ccc5c(c4)c4cc(-c6ccc(-c7ccc(-c8ccccc8)cc7)cc6)ccc4n5-c4ccc5c(c4)Cc4cc(-c6ccccc6)ccc4-5)cc3)cc2)cc1. The molecule has 11 aromatic carbocycles. The van der Waals surface area contributed by atoms with Gasteiger partial charge in [0.05, 0.1) is 11.0 Å². The molecular formula is C67H45N. The van der Waals surface area contributed by atoms with E-state index in [1.807, 2.05) is 0 Å². The van der Waals surface area contributed by atoms with Crippen molar-refractivity contribution in [1.82, 2.24) is 4.57 Å². The van der Waals surface area contributed by atoms with Crippen molar-refractivity contribution in [3.8, 4) is 94.7 Å². The van der Waals surface area contributed by atoms with E-state index in [1.54, 1.807) is 0 Å². The Morgan fingerprint density at radius 1 is 0.221 bits per heavy atom. The molecule has 1 heterocycles. The zero-order chi connectivity index (χ0) is 45.0. The summed E-state index contributed by atoms with van der Waals surface area (Å²) in [6, 6.07) is 95.8. The number of benzene rings is 11. The van der Waals surface area contributed by atoms with Crippen LogP contribution in [0.5, 0.6) is 0 Å². The van der Waals surface area contributed by atoms with Gasteiger partial charge in [-0.15, -0.1) is 0 Å². The van der Waals surface area contributed by atoms with Gasteiger partial charge < -0.3 is 4.57 Å². The van der Waals surface area contributed by atoms with E-state index in [1.165, 1.54) is 128 Å². The average Bonchev–Trinajstić information content (AvgIpc) is 3.96. The van der Waals surface area contributed by atoms with Crippen molar-refractivity contribution in [2.24, 2.45) is 0 Å². The van der Waals surface area contributed by atoms with Gasteiger partial charge in [-0.2, -0.15) is 0 Å². The van der Waals surface area contributed by atoms with Crippen LogP contribution in [0, 0.1) is 0 Å². The Labute approximate surface area is 397 Å². The number of rotatable bonds is 8. The predicted octanol–water partition coefficient (Wildman–Crippen LogP) is 18.0. The second kappa shape index (κ2) is 16.6. The lowest BCUT2D eigenvalue weighted by Gasteiger charge is -2.11. The first-order chi connectivity index (χ1) is 33.7. The number of hydrogen-bond donors (Lipinski definition) is 0. The zero-order valence-electron chi connectivity index (χ0n) is 37.5. The fourth-order valence-corrected chi connectivity index (χ4v) is 10.5. The molecule has 1 aliphatic carbocycles. The largest absolute Gasteiger partial charge is 0.309 e. The highest BCUT2D eigenvalue weighted by molar-refractivity contribution is 6.12. The average molecular weight is 864 g/mol. The molecule has 0 N–H and O–H groups in total. The van der Waals surface area contributed by atoms with E-state index >= 15 is 0 Å². The fraction of sp³-hybridized carbons (Fsp3) is 0.0149. The standard InChI is InChI=1S/C67H45N/c1-4-10-45(11-5-1)48-16-20-50(21-17-48)52-24-28-54(29-25-52)57-33-38-66-64(43-57)65-44-58(55-30-26-53(27-31-55)51-22-18-49(19-23-51)46-12-6-2-7-13-46)34-39-67(65)68(66)61-35-37-63-60(42-61)41-59-40-56(32-36-62(59)63)47-14-8-3-9-15-47/h1-40,42-44H,41H2. The monoisotopic (exact) mass is 863 g/mol. The summed E-state index contributed by atoms with van der Waals surface area (Å²) in [4.78, 5) is 0. The summed E-state index contributed by atoms with van der Waals surface area (Å²) >= 11 is 0. The molecule has 1 nitrogen and oxygen atoms in total. The summed E-state index contributed by atoms with van der Waals surface area (Å²) in [7, 11) is 0. The highest BCUT2D eigenvalue weighted by Gasteiger charge is 2.22. The molecule has 13 rings (SSSR count). The topological polar surface area (TPSA) is 4.93 Å². The number of nitrogens with zero attached hydrogens (tertiary/aromatic N) is 1. The first-order valence-electron chi connectivity index (χ1n) is 23.6. The maximum atomic E-state index is 2.47. The van der Waals surface area contributed by atoms with Gasteiger partial charge in [-0.25, -0.2) is 0 Å². The third-order valence-corrected chi connectivity index (χ3v) is 14.1. The Morgan fingerprint density at radius 2 is 0.500 bits per heavy atom. The minimum atomic E-state index is 0.922. The van der Waals surface area contributed by atoms with Gasteiger partial charge in [0.15, 0.2) is 0 Å². The summed E-state index contributed by atoms with van der Waals surface area (Å²) in [5.41, 5.74) is 26.1. The van der Waals surface area contributed by atoms with Crippen LogP contribution in [0.1, 0.15) is 11.1 Å². The molecule has 0 spiro atoms. The Hall–Kier alpha value is -8.78. The minimum Gasteiger partial charge on any atom is -0.309 e. The Morgan fingerprint density at radius 3 is 0.897 bits per heavy atom. The molecule has 1 heteroatoms. The molecule has 68 heavy (non-hydrogen) atoms. The van der Waals surface area contributed by atoms with Gasteiger partial charge >= 0.3 is 0 Å². The van der Waals surface area contributed by atoms with Crippen molar-refractivity contribution in [3.63, 3.8) is 0 Å². The zero-order valence-corrected chi connectivity index (χ0v) is 37.5. The van der Waals surface area contributed by atoms with E-state index < -0.39 is 0 Å². The van der Waals surface area contributed by atoms with Gasteiger partial charge in [0.2, 0.25) is 0 Å². The van der Waals surface area contributed by atoms with Crippen LogP contribution in [0.15, 0.2) is 261 Å². The Bertz CT molecular complexity index is 3610. The molecule has 0 saturated carbocycles. The molecule has 0 aliphatic heterocycles. The normalized spacial score (nSPS) is 11.8. The molecular weight excluding hydrogens is 819 g/mol. The van der Waals surface area contributed by atoms with Crippen molar-refractivity contribution in [3.05, 3.63) is 272 Å². The van der Waals surface area contributed by atoms with E-state index in [9.17, 15) is 0 Å². The van der Waals surface area contributed by atoms with Crippen LogP contribution in [0.3, 0.4) is 0 Å². The molecule has 12 aromatic rings. The smallest absolute Gasteiger partial charge is 0.0541 e. The summed E-state index contributed by atoms with van der Waals surface area (Å²) in [5, 5.41) is 2.48.